The van der Waals surface area contributed by atoms with E-state index in [2.05, 4.69) is 40.5 Å². The van der Waals surface area contributed by atoms with Crippen molar-refractivity contribution in [1.29, 1.82) is 0 Å². The summed E-state index contributed by atoms with van der Waals surface area (Å²) in [5.74, 6) is -0.547. The summed E-state index contributed by atoms with van der Waals surface area (Å²) in [6, 6.07) is 12.5. The number of carbonyl (C=O) groups excluding carboxylic acids is 6. The molecule has 0 aliphatic carbocycles. The molecule has 16 heteroatoms. The lowest BCUT2D eigenvalue weighted by Gasteiger charge is -2.43. The molecule has 0 spiro atoms. The van der Waals surface area contributed by atoms with E-state index in [0.29, 0.717) is 41.7 Å². The zero-order valence-corrected chi connectivity index (χ0v) is 38.8. The van der Waals surface area contributed by atoms with E-state index >= 15 is 0 Å². The number of hydrogen-bond acceptors (Lipinski definition) is 12. The fourth-order valence-electron chi connectivity index (χ4n) is 10.5. The maximum absolute atomic E-state index is 13.4. The van der Waals surface area contributed by atoms with Crippen LogP contribution in [0, 0.1) is 5.92 Å². The molecule has 1 unspecified atom stereocenters. The van der Waals surface area contributed by atoms with Crippen molar-refractivity contribution < 1.29 is 28.8 Å². The average Bonchev–Trinajstić information content (AvgIpc) is 3.62. The van der Waals surface area contributed by atoms with E-state index in [1.807, 2.05) is 41.3 Å². The van der Waals surface area contributed by atoms with Gasteiger partial charge in [-0.1, -0.05) is 50.3 Å². The number of anilines is 1. The van der Waals surface area contributed by atoms with Crippen molar-refractivity contribution >= 4 is 47.3 Å². The number of amides is 6. The third-order valence-electron chi connectivity index (χ3n) is 14.4. The normalized spacial score (nSPS) is 20.2. The first-order valence-corrected chi connectivity index (χ1v) is 24.8. The number of likely N-dealkylation sites (tertiary alicyclic amines) is 1. The number of aryl methyl sites for hydroxylation is 1. The second-order valence-electron chi connectivity index (χ2n) is 18.8. The second kappa shape index (κ2) is 23.2. The van der Waals surface area contributed by atoms with Gasteiger partial charge in [0.15, 0.2) is 11.5 Å². The highest BCUT2D eigenvalue weighted by Crippen LogP contribution is 2.31. The van der Waals surface area contributed by atoms with Crippen LogP contribution in [-0.4, -0.2) is 148 Å². The van der Waals surface area contributed by atoms with E-state index in [1.54, 1.807) is 30.6 Å². The zero-order chi connectivity index (χ0) is 46.5. The first-order valence-electron chi connectivity index (χ1n) is 24.8. The van der Waals surface area contributed by atoms with E-state index < -0.39 is 23.8 Å². The lowest BCUT2D eigenvalue weighted by Crippen LogP contribution is -2.54. The van der Waals surface area contributed by atoms with Crippen LogP contribution in [-0.2, 0) is 20.8 Å². The highest BCUT2D eigenvalue weighted by atomic mass is 16.2. The van der Waals surface area contributed by atoms with Crippen molar-refractivity contribution in [1.82, 2.24) is 45.4 Å². The summed E-state index contributed by atoms with van der Waals surface area (Å²) in [5, 5.41) is 14.1. The zero-order valence-electron chi connectivity index (χ0n) is 38.8. The Morgan fingerprint density at radius 2 is 1.55 bits per heavy atom. The smallest absolute Gasteiger partial charge is 0.274 e. The van der Waals surface area contributed by atoms with Crippen LogP contribution in [0.4, 0.5) is 5.82 Å². The molecule has 8 rings (SSSR count). The van der Waals surface area contributed by atoms with E-state index in [9.17, 15) is 28.8 Å². The molecule has 16 nitrogen and oxygen atoms in total. The van der Waals surface area contributed by atoms with Crippen molar-refractivity contribution in [2.45, 2.75) is 108 Å². The molecule has 6 amide bonds. The van der Waals surface area contributed by atoms with Crippen LogP contribution in [0.3, 0.4) is 0 Å². The predicted molar refractivity (Wildman–Crippen MR) is 254 cm³/mol. The molecule has 5 aliphatic heterocycles. The predicted octanol–water partition coefficient (Wildman–Crippen LogP) is 4.90. The molecule has 7 heterocycles. The molecule has 67 heavy (non-hydrogen) atoms. The molecule has 1 aromatic carbocycles. The first kappa shape index (κ1) is 47.6. The van der Waals surface area contributed by atoms with Crippen LogP contribution in [0.15, 0.2) is 60.9 Å². The topological polar surface area (TPSA) is 181 Å². The quantitative estimate of drug-likeness (QED) is 0.0945. The number of benzene rings is 1. The summed E-state index contributed by atoms with van der Waals surface area (Å²) in [4.78, 5) is 90.6. The third-order valence-corrected chi connectivity index (χ3v) is 14.4. The molecule has 1 atom stereocenters. The molecule has 4 fully saturated rings. The highest BCUT2D eigenvalue weighted by molar-refractivity contribution is 6.24. The van der Waals surface area contributed by atoms with Crippen LogP contribution in [0.5, 0.6) is 0 Å². The van der Waals surface area contributed by atoms with Gasteiger partial charge in [-0.3, -0.25) is 48.9 Å². The summed E-state index contributed by atoms with van der Waals surface area (Å²) >= 11 is 0. The minimum Gasteiger partial charge on any atom is -0.355 e. The van der Waals surface area contributed by atoms with Gasteiger partial charge >= 0.3 is 0 Å². The molecule has 0 bridgehead atoms. The largest absolute Gasteiger partial charge is 0.355 e. The van der Waals surface area contributed by atoms with Gasteiger partial charge in [-0.15, -0.1) is 10.2 Å². The lowest BCUT2D eigenvalue weighted by atomic mass is 9.91. The molecule has 0 saturated carbocycles. The van der Waals surface area contributed by atoms with Crippen molar-refractivity contribution in [3.05, 3.63) is 88.9 Å². The summed E-state index contributed by atoms with van der Waals surface area (Å²) in [6.45, 7) is 9.46. The number of rotatable bonds is 19. The minimum absolute atomic E-state index is 0.0390. The Balaban J connectivity index is 0.655. The van der Waals surface area contributed by atoms with Gasteiger partial charge in [0.1, 0.15) is 6.04 Å². The molecule has 356 valence electrons. The van der Waals surface area contributed by atoms with Gasteiger partial charge in [0.2, 0.25) is 17.7 Å². The van der Waals surface area contributed by atoms with E-state index in [1.165, 1.54) is 0 Å². The van der Waals surface area contributed by atoms with Gasteiger partial charge in [-0.2, -0.15) is 0 Å². The standard InChI is InChI=1S/C51H66N10O6/c62-45(19-15-38-11-9-25-52-36-38)53-26-6-5-10-37-21-28-60(29-22-37)50(66)42-16-18-44(56-55-42)59-30-23-40(24-31-59)58-34-32-57(33-35-58)27-7-3-1-2-4-12-39-13-8-14-41-47(39)51(67)61(49(41)65)43-17-20-46(63)54-48(43)64/h8-9,11,13-16,18-19,25,36-37,40,43H,1-7,10,12,17,20-24,26-35H2,(H,53,62)(H,54,63,64)/b19-15+. The maximum atomic E-state index is 13.4. The lowest BCUT2D eigenvalue weighted by molar-refractivity contribution is -0.136. The van der Waals surface area contributed by atoms with Gasteiger partial charge in [-0.05, 0) is 112 Å². The van der Waals surface area contributed by atoms with Gasteiger partial charge in [0.05, 0.1) is 11.1 Å². The van der Waals surface area contributed by atoms with Crippen LogP contribution < -0.4 is 15.5 Å². The number of piperidine rings is 3. The van der Waals surface area contributed by atoms with E-state index in [-0.39, 0.29) is 30.6 Å². The molecule has 4 saturated heterocycles. The number of unbranched alkanes of at least 4 members (excludes halogenated alkanes) is 5. The van der Waals surface area contributed by atoms with Gasteiger partial charge < -0.3 is 20.0 Å². The molecule has 5 aliphatic rings. The van der Waals surface area contributed by atoms with Crippen LogP contribution in [0.25, 0.3) is 6.08 Å². The SMILES string of the molecule is O=C(/C=C/c1cccnc1)NCCCCC1CCN(C(=O)c2ccc(N3CCC(N4CCN(CCCCCCCc5cccc6c5C(=O)N(C5CCC(=O)NC5=O)C6=O)CC4)CC3)nn2)CC1. The first-order chi connectivity index (χ1) is 32.7. The Bertz CT molecular complexity index is 2230. The number of pyridine rings is 1. The highest BCUT2D eigenvalue weighted by Gasteiger charge is 2.45. The Morgan fingerprint density at radius 1 is 0.761 bits per heavy atom. The molecule has 2 N–H and O–H groups in total. The summed E-state index contributed by atoms with van der Waals surface area (Å²) < 4.78 is 0. The Kier molecular flexibility index (Phi) is 16.5. The average molecular weight is 915 g/mol. The third kappa shape index (κ3) is 12.4. The summed E-state index contributed by atoms with van der Waals surface area (Å²) in [7, 11) is 0. The number of imide groups is 2. The monoisotopic (exact) mass is 915 g/mol. The fraction of sp³-hybridized carbons (Fsp3) is 0.549. The number of piperazine rings is 1. The van der Waals surface area contributed by atoms with Crippen LogP contribution in [0.1, 0.15) is 132 Å². The maximum Gasteiger partial charge on any atom is 0.274 e. The number of nitrogens with one attached hydrogen (secondary N) is 2. The van der Waals surface area contributed by atoms with Crippen molar-refractivity contribution in [3.63, 3.8) is 0 Å². The number of hydrogen-bond donors (Lipinski definition) is 2. The van der Waals surface area contributed by atoms with Crippen LogP contribution in [0.2, 0.25) is 0 Å². The number of aromatic nitrogens is 3. The number of carbonyl (C=O) groups is 6. The molecule has 0 radical (unpaired) electrons. The van der Waals surface area contributed by atoms with Gasteiger partial charge in [0.25, 0.3) is 17.7 Å². The minimum atomic E-state index is -0.947. The van der Waals surface area contributed by atoms with E-state index in [4.69, 9.17) is 0 Å². The Labute approximate surface area is 393 Å². The Hall–Kier alpha value is -5.87. The fourth-order valence-corrected chi connectivity index (χ4v) is 10.5. The molecular weight excluding hydrogens is 849 g/mol. The van der Waals surface area contributed by atoms with Crippen molar-refractivity contribution in [2.24, 2.45) is 5.92 Å². The molecule has 2 aromatic heterocycles. The van der Waals surface area contributed by atoms with Gasteiger partial charge in [-0.25, -0.2) is 0 Å². The summed E-state index contributed by atoms with van der Waals surface area (Å²) in [5.41, 5.74) is 2.92. The van der Waals surface area contributed by atoms with Crippen molar-refractivity contribution in [2.75, 3.05) is 70.3 Å². The second-order valence-corrected chi connectivity index (χ2v) is 18.8. The molecule has 3 aromatic rings. The van der Waals surface area contributed by atoms with Gasteiger partial charge in [0, 0.05) is 89.8 Å². The number of nitrogens with zero attached hydrogens (tertiary/aromatic N) is 8. The van der Waals surface area contributed by atoms with Crippen molar-refractivity contribution in [3.8, 4) is 0 Å². The van der Waals surface area contributed by atoms with Crippen LogP contribution >= 0.6 is 0 Å². The summed E-state index contributed by atoms with van der Waals surface area (Å²) in [6.07, 6.45) is 20.3. The molecular formula is C51H66N10O6. The Morgan fingerprint density at radius 3 is 2.30 bits per heavy atom. The number of fused-ring (bicyclic) bond motifs is 1. The van der Waals surface area contributed by atoms with E-state index in [0.717, 1.165) is 158 Å².